The quantitative estimate of drug-likeness (QED) is 0.604. The molecule has 21 heavy (non-hydrogen) atoms. The predicted molar refractivity (Wildman–Crippen MR) is 88.7 cm³/mol. The Morgan fingerprint density at radius 2 is 1.90 bits per heavy atom. The first-order chi connectivity index (χ1) is 10.0. The van der Waals surface area contributed by atoms with Gasteiger partial charge in [0.2, 0.25) is 0 Å². The highest BCUT2D eigenvalue weighted by Crippen LogP contribution is 2.30. The van der Waals surface area contributed by atoms with Gasteiger partial charge in [-0.25, -0.2) is 0 Å². The lowest BCUT2D eigenvalue weighted by atomic mass is 10.0. The summed E-state index contributed by atoms with van der Waals surface area (Å²) in [4.78, 5) is 10.3. The number of benzene rings is 2. The van der Waals surface area contributed by atoms with Gasteiger partial charge in [-0.2, -0.15) is 0 Å². The average molecular weight is 349 g/mol. The van der Waals surface area contributed by atoms with E-state index in [0.29, 0.717) is 4.47 Å². The molecule has 1 atom stereocenters. The van der Waals surface area contributed by atoms with Gasteiger partial charge < -0.3 is 5.32 Å². The number of non-ortho nitro benzene ring substituents is 1. The maximum absolute atomic E-state index is 10.7. The van der Waals surface area contributed by atoms with Gasteiger partial charge in [0.25, 0.3) is 5.69 Å². The van der Waals surface area contributed by atoms with Crippen LogP contribution in [0.5, 0.6) is 0 Å². The minimum Gasteiger partial charge on any atom is -0.378 e. The highest BCUT2D eigenvalue weighted by atomic mass is 79.9. The molecule has 2 rings (SSSR count). The van der Waals surface area contributed by atoms with Gasteiger partial charge in [-0.3, -0.25) is 10.1 Å². The van der Waals surface area contributed by atoms with Crippen molar-refractivity contribution in [2.75, 3.05) is 5.32 Å². The van der Waals surface area contributed by atoms with Gasteiger partial charge in [0.15, 0.2) is 0 Å². The van der Waals surface area contributed by atoms with E-state index >= 15 is 0 Å². The predicted octanol–water partition coefficient (Wildman–Crippen LogP) is 5.09. The number of hydrogen-bond donors (Lipinski definition) is 1. The molecule has 2 aromatic rings. The zero-order valence-corrected chi connectivity index (χ0v) is 13.6. The number of hydrogen-bond acceptors (Lipinski definition) is 3. The number of anilines is 1. The van der Waals surface area contributed by atoms with Gasteiger partial charge in [-0.05, 0) is 46.5 Å². The molecule has 5 heteroatoms. The topological polar surface area (TPSA) is 55.2 Å². The third-order valence-electron chi connectivity index (χ3n) is 3.42. The molecule has 0 aliphatic carbocycles. The first-order valence-electron chi connectivity index (χ1n) is 6.80. The van der Waals surface area contributed by atoms with Crippen molar-refractivity contribution in [1.82, 2.24) is 0 Å². The van der Waals surface area contributed by atoms with Crippen molar-refractivity contribution >= 4 is 27.3 Å². The summed E-state index contributed by atoms with van der Waals surface area (Å²) in [5, 5.41) is 14.1. The molecular formula is C16H17BrN2O2. The van der Waals surface area contributed by atoms with Crippen LogP contribution in [0.1, 0.15) is 31.0 Å². The fraction of sp³-hybridized carbons (Fsp3) is 0.250. The van der Waals surface area contributed by atoms with Gasteiger partial charge in [-0.15, -0.1) is 0 Å². The normalized spacial score (nSPS) is 12.0. The molecule has 2 aromatic carbocycles. The van der Waals surface area contributed by atoms with Crippen LogP contribution in [0.2, 0.25) is 0 Å². The second-order valence-electron chi connectivity index (χ2n) is 4.88. The highest BCUT2D eigenvalue weighted by molar-refractivity contribution is 9.10. The van der Waals surface area contributed by atoms with Gasteiger partial charge in [0.1, 0.15) is 0 Å². The maximum atomic E-state index is 10.7. The number of nitrogens with zero attached hydrogens (tertiary/aromatic N) is 1. The van der Waals surface area contributed by atoms with Crippen LogP contribution >= 0.6 is 15.9 Å². The van der Waals surface area contributed by atoms with Crippen LogP contribution in [0, 0.1) is 10.1 Å². The minimum atomic E-state index is -0.401. The Bertz CT molecular complexity index is 641. The Balaban J connectivity index is 2.14. The number of nitro benzene ring substituents is 1. The summed E-state index contributed by atoms with van der Waals surface area (Å²) in [6, 6.07) is 13.3. The zero-order chi connectivity index (χ0) is 15.4. The van der Waals surface area contributed by atoms with E-state index in [1.54, 1.807) is 6.07 Å². The number of nitro groups is 1. The van der Waals surface area contributed by atoms with Crippen LogP contribution in [-0.2, 0) is 6.42 Å². The number of aryl methyl sites for hydroxylation is 1. The maximum Gasteiger partial charge on any atom is 0.270 e. The lowest BCUT2D eigenvalue weighted by molar-refractivity contribution is -0.384. The Labute approximate surface area is 132 Å². The number of rotatable bonds is 5. The molecule has 1 N–H and O–H groups in total. The van der Waals surface area contributed by atoms with Gasteiger partial charge in [-0.1, -0.05) is 31.2 Å². The van der Waals surface area contributed by atoms with Crippen LogP contribution < -0.4 is 5.32 Å². The largest absolute Gasteiger partial charge is 0.378 e. The molecule has 0 radical (unpaired) electrons. The molecule has 0 fully saturated rings. The Morgan fingerprint density at radius 3 is 2.43 bits per heavy atom. The van der Waals surface area contributed by atoms with Crippen LogP contribution in [0.4, 0.5) is 11.4 Å². The molecule has 0 amide bonds. The van der Waals surface area contributed by atoms with Crippen LogP contribution in [0.15, 0.2) is 46.9 Å². The molecule has 0 saturated heterocycles. The van der Waals surface area contributed by atoms with Crippen LogP contribution in [0.25, 0.3) is 0 Å². The van der Waals surface area contributed by atoms with Crippen molar-refractivity contribution in [3.63, 3.8) is 0 Å². The van der Waals surface area contributed by atoms with Gasteiger partial charge >= 0.3 is 0 Å². The molecule has 4 nitrogen and oxygen atoms in total. The minimum absolute atomic E-state index is 0.0763. The fourth-order valence-electron chi connectivity index (χ4n) is 2.09. The summed E-state index contributed by atoms with van der Waals surface area (Å²) in [6.07, 6.45) is 1.02. The zero-order valence-electron chi connectivity index (χ0n) is 12.0. The molecule has 0 aliphatic rings. The third-order valence-corrected chi connectivity index (χ3v) is 4.08. The Morgan fingerprint density at radius 1 is 1.24 bits per heavy atom. The van der Waals surface area contributed by atoms with E-state index in [0.717, 1.165) is 12.1 Å². The summed E-state index contributed by atoms with van der Waals surface area (Å²) >= 11 is 3.37. The van der Waals surface area contributed by atoms with Gasteiger partial charge in [0, 0.05) is 28.3 Å². The molecule has 0 spiro atoms. The van der Waals surface area contributed by atoms with Crippen molar-refractivity contribution in [1.29, 1.82) is 0 Å². The molecule has 0 saturated carbocycles. The molecule has 0 bridgehead atoms. The average Bonchev–Trinajstić information content (AvgIpc) is 2.49. The van der Waals surface area contributed by atoms with E-state index < -0.39 is 4.92 Å². The van der Waals surface area contributed by atoms with E-state index in [1.807, 2.05) is 0 Å². The van der Waals surface area contributed by atoms with E-state index in [4.69, 9.17) is 0 Å². The highest BCUT2D eigenvalue weighted by Gasteiger charge is 2.11. The fourth-order valence-corrected chi connectivity index (χ4v) is 2.57. The van der Waals surface area contributed by atoms with Crippen LogP contribution in [0.3, 0.4) is 0 Å². The lowest BCUT2D eigenvalue weighted by Crippen LogP contribution is -2.07. The van der Waals surface area contributed by atoms with E-state index in [1.165, 1.54) is 23.3 Å². The van der Waals surface area contributed by atoms with Crippen molar-refractivity contribution in [2.45, 2.75) is 26.3 Å². The lowest BCUT2D eigenvalue weighted by Gasteiger charge is -2.17. The second kappa shape index (κ2) is 6.72. The summed E-state index contributed by atoms with van der Waals surface area (Å²) in [6.45, 7) is 4.19. The number of nitrogens with one attached hydrogen (secondary N) is 1. The van der Waals surface area contributed by atoms with Gasteiger partial charge in [0.05, 0.1) is 4.92 Å². The standard InChI is InChI=1S/C16H17BrN2O2/c1-3-12-4-6-13(7-5-12)11(2)18-16-9-8-14(19(20)21)10-15(16)17/h4-11,18H,3H2,1-2H3. The molecule has 110 valence electrons. The SMILES string of the molecule is CCc1ccc(C(C)Nc2ccc([N+](=O)[O-])cc2Br)cc1. The summed E-state index contributed by atoms with van der Waals surface area (Å²) in [7, 11) is 0. The first kappa shape index (κ1) is 15.5. The van der Waals surface area contributed by atoms with Crippen molar-refractivity contribution in [2.24, 2.45) is 0 Å². The Hall–Kier alpha value is -1.88. The van der Waals surface area contributed by atoms with Crippen LogP contribution in [-0.4, -0.2) is 4.92 Å². The smallest absolute Gasteiger partial charge is 0.270 e. The monoisotopic (exact) mass is 348 g/mol. The Kier molecular flexibility index (Phi) is 4.96. The third kappa shape index (κ3) is 3.82. The second-order valence-corrected chi connectivity index (χ2v) is 5.74. The molecule has 0 heterocycles. The van der Waals surface area contributed by atoms with Crippen molar-refractivity contribution in [3.8, 4) is 0 Å². The summed E-state index contributed by atoms with van der Waals surface area (Å²) < 4.78 is 0.689. The number of halogens is 1. The van der Waals surface area contributed by atoms with E-state index in [2.05, 4.69) is 59.4 Å². The van der Waals surface area contributed by atoms with Crippen molar-refractivity contribution < 1.29 is 4.92 Å². The molecule has 1 unspecified atom stereocenters. The van der Waals surface area contributed by atoms with E-state index in [9.17, 15) is 10.1 Å². The molecule has 0 aromatic heterocycles. The van der Waals surface area contributed by atoms with E-state index in [-0.39, 0.29) is 11.7 Å². The summed E-state index contributed by atoms with van der Waals surface area (Å²) in [5.74, 6) is 0. The van der Waals surface area contributed by atoms with Crippen molar-refractivity contribution in [3.05, 3.63) is 68.2 Å². The summed E-state index contributed by atoms with van der Waals surface area (Å²) in [5.41, 5.74) is 3.40. The molecule has 0 aliphatic heterocycles. The first-order valence-corrected chi connectivity index (χ1v) is 7.60. The molecular weight excluding hydrogens is 332 g/mol.